The molecule has 1 aliphatic carbocycles. The first-order valence-corrected chi connectivity index (χ1v) is 12.2. The summed E-state index contributed by atoms with van der Waals surface area (Å²) in [5.74, 6) is 1.56. The Kier molecular flexibility index (Phi) is 6.42. The minimum atomic E-state index is -0.400. The maximum Gasteiger partial charge on any atom is 0.279 e. The molecule has 3 aromatic rings. The number of anilines is 2. The van der Waals surface area contributed by atoms with Gasteiger partial charge >= 0.3 is 0 Å². The molecule has 3 heterocycles. The van der Waals surface area contributed by atoms with Crippen molar-refractivity contribution in [1.82, 2.24) is 25.6 Å². The van der Waals surface area contributed by atoms with Gasteiger partial charge in [-0.15, -0.1) is 20.4 Å². The van der Waals surface area contributed by atoms with Crippen LogP contribution >= 0.6 is 46.2 Å². The second kappa shape index (κ2) is 9.19. The van der Waals surface area contributed by atoms with Crippen molar-refractivity contribution < 1.29 is 14.1 Å². The van der Waals surface area contributed by atoms with E-state index in [4.69, 9.17) is 4.52 Å². The Morgan fingerprint density at radius 1 is 1.10 bits per heavy atom. The molecule has 29 heavy (non-hydrogen) atoms. The van der Waals surface area contributed by atoms with E-state index in [1.54, 1.807) is 17.8 Å². The van der Waals surface area contributed by atoms with Gasteiger partial charge in [-0.25, -0.2) is 0 Å². The summed E-state index contributed by atoms with van der Waals surface area (Å²) >= 11 is 5.31. The standard InChI is InChI=1S/C15H15N7O3S4/c1-2-26-14-20-18-12(28-14)16-10(23)6-27-15-21-19-13(29-15)17-11(24)8-5-9(25-22-8)7-3-4-7/h5,7H,2-4,6H2,1H3,(H,16,18,23)(H,17,19,24). The van der Waals surface area contributed by atoms with Crippen LogP contribution < -0.4 is 10.6 Å². The third kappa shape index (κ3) is 5.52. The van der Waals surface area contributed by atoms with Gasteiger partial charge in [0.2, 0.25) is 16.2 Å². The van der Waals surface area contributed by atoms with Crippen molar-refractivity contribution in [2.24, 2.45) is 0 Å². The van der Waals surface area contributed by atoms with E-state index in [0.29, 0.717) is 20.5 Å². The average molecular weight is 470 g/mol. The van der Waals surface area contributed by atoms with E-state index in [-0.39, 0.29) is 17.4 Å². The van der Waals surface area contributed by atoms with Crippen molar-refractivity contribution in [3.05, 3.63) is 17.5 Å². The van der Waals surface area contributed by atoms with Gasteiger partial charge in [-0.05, 0) is 18.6 Å². The summed E-state index contributed by atoms with van der Waals surface area (Å²) in [6, 6.07) is 1.66. The Morgan fingerprint density at radius 2 is 1.79 bits per heavy atom. The SMILES string of the molecule is CCSc1nnc(NC(=O)CSc2nnc(NC(=O)c3cc(C4CC4)on3)s2)s1. The smallest absolute Gasteiger partial charge is 0.279 e. The fourth-order valence-corrected chi connectivity index (χ4v) is 5.37. The molecule has 1 saturated carbocycles. The van der Waals surface area contributed by atoms with Gasteiger partial charge in [0.15, 0.2) is 14.4 Å². The molecule has 10 nitrogen and oxygen atoms in total. The van der Waals surface area contributed by atoms with Gasteiger partial charge in [0, 0.05) is 12.0 Å². The van der Waals surface area contributed by atoms with Crippen molar-refractivity contribution >= 4 is 68.3 Å². The van der Waals surface area contributed by atoms with E-state index in [2.05, 4.69) is 36.2 Å². The molecule has 2 amide bonds. The molecule has 2 N–H and O–H groups in total. The normalized spacial score (nSPS) is 13.4. The van der Waals surface area contributed by atoms with E-state index >= 15 is 0 Å². The summed E-state index contributed by atoms with van der Waals surface area (Å²) in [4.78, 5) is 24.3. The van der Waals surface area contributed by atoms with Crippen LogP contribution in [0.15, 0.2) is 19.3 Å². The largest absolute Gasteiger partial charge is 0.360 e. The number of aromatic nitrogens is 5. The summed E-state index contributed by atoms with van der Waals surface area (Å²) in [6.45, 7) is 2.02. The summed E-state index contributed by atoms with van der Waals surface area (Å²) in [6.07, 6.45) is 2.14. The number of nitrogens with one attached hydrogen (secondary N) is 2. The molecular formula is C15H15N7O3S4. The Labute approximate surface area is 181 Å². The minimum absolute atomic E-state index is 0.145. The Bertz CT molecular complexity index is 1010. The van der Waals surface area contributed by atoms with Crippen LogP contribution in [-0.2, 0) is 4.79 Å². The lowest BCUT2D eigenvalue weighted by atomic mass is 10.3. The highest BCUT2D eigenvalue weighted by atomic mass is 32.2. The van der Waals surface area contributed by atoms with Gasteiger partial charge in [0.05, 0.1) is 5.75 Å². The molecule has 0 radical (unpaired) electrons. The van der Waals surface area contributed by atoms with E-state index in [0.717, 1.165) is 28.7 Å². The Balaban J connectivity index is 1.25. The molecule has 1 fully saturated rings. The monoisotopic (exact) mass is 469 g/mol. The number of rotatable bonds is 9. The van der Waals surface area contributed by atoms with E-state index in [9.17, 15) is 9.59 Å². The second-order valence-corrected chi connectivity index (χ2v) is 10.5. The molecular weight excluding hydrogens is 454 g/mol. The molecule has 4 rings (SSSR count). The van der Waals surface area contributed by atoms with Crippen molar-refractivity contribution in [3.63, 3.8) is 0 Å². The fourth-order valence-electron chi connectivity index (χ4n) is 2.16. The molecule has 152 valence electrons. The van der Waals surface area contributed by atoms with Crippen LogP contribution in [0.2, 0.25) is 0 Å². The molecule has 1 aliphatic rings. The number of carbonyl (C=O) groups is 2. The summed E-state index contributed by atoms with van der Waals surface area (Å²) in [7, 11) is 0. The summed E-state index contributed by atoms with van der Waals surface area (Å²) in [5, 5.41) is 25.8. The van der Waals surface area contributed by atoms with Crippen LogP contribution in [0.1, 0.15) is 41.9 Å². The first kappa shape index (κ1) is 20.3. The quantitative estimate of drug-likeness (QED) is 0.354. The zero-order chi connectivity index (χ0) is 20.2. The topological polar surface area (TPSA) is 136 Å². The van der Waals surface area contributed by atoms with Gasteiger partial charge < -0.3 is 4.52 Å². The molecule has 0 bridgehead atoms. The predicted octanol–water partition coefficient (Wildman–Crippen LogP) is 3.35. The second-order valence-electron chi connectivity index (χ2n) is 5.86. The third-order valence-corrected chi connectivity index (χ3v) is 7.44. The first-order valence-electron chi connectivity index (χ1n) is 8.61. The molecule has 3 aromatic heterocycles. The first-order chi connectivity index (χ1) is 14.1. The summed E-state index contributed by atoms with van der Waals surface area (Å²) < 4.78 is 6.56. The molecule has 0 unspecified atom stereocenters. The lowest BCUT2D eigenvalue weighted by Crippen LogP contribution is -2.13. The van der Waals surface area contributed by atoms with Gasteiger partial charge in [-0.1, -0.05) is 58.3 Å². The zero-order valence-corrected chi connectivity index (χ0v) is 18.3. The van der Waals surface area contributed by atoms with Gasteiger partial charge in [-0.3, -0.25) is 20.2 Å². The van der Waals surface area contributed by atoms with Crippen LogP contribution in [0.5, 0.6) is 0 Å². The molecule has 0 aliphatic heterocycles. The highest BCUT2D eigenvalue weighted by molar-refractivity contribution is 8.01. The number of thioether (sulfide) groups is 2. The van der Waals surface area contributed by atoms with Crippen molar-refractivity contribution in [2.75, 3.05) is 22.1 Å². The van der Waals surface area contributed by atoms with Crippen LogP contribution in [0, 0.1) is 0 Å². The number of amides is 2. The lowest BCUT2D eigenvalue weighted by Gasteiger charge is -1.98. The third-order valence-electron chi connectivity index (χ3n) is 3.62. The number of nitrogens with zero attached hydrogens (tertiary/aromatic N) is 5. The number of carbonyl (C=O) groups excluding carboxylic acids is 2. The zero-order valence-electron chi connectivity index (χ0n) is 15.1. The van der Waals surface area contributed by atoms with E-state index in [1.165, 1.54) is 34.4 Å². The van der Waals surface area contributed by atoms with Gasteiger partial charge in [0.1, 0.15) is 5.76 Å². The summed E-state index contributed by atoms with van der Waals surface area (Å²) in [5.41, 5.74) is 0.216. The van der Waals surface area contributed by atoms with Crippen LogP contribution in [0.25, 0.3) is 0 Å². The number of hydrogen-bond acceptors (Lipinski definition) is 12. The van der Waals surface area contributed by atoms with Gasteiger partial charge in [-0.2, -0.15) is 0 Å². The van der Waals surface area contributed by atoms with Crippen molar-refractivity contribution in [3.8, 4) is 0 Å². The highest BCUT2D eigenvalue weighted by Crippen LogP contribution is 2.40. The lowest BCUT2D eigenvalue weighted by molar-refractivity contribution is -0.113. The number of hydrogen-bond donors (Lipinski definition) is 2. The van der Waals surface area contributed by atoms with Crippen LogP contribution in [0.3, 0.4) is 0 Å². The van der Waals surface area contributed by atoms with Crippen molar-refractivity contribution in [2.45, 2.75) is 34.4 Å². The fraction of sp³-hybridized carbons (Fsp3) is 0.400. The predicted molar refractivity (Wildman–Crippen MR) is 112 cm³/mol. The molecule has 0 aromatic carbocycles. The Hall–Kier alpha value is -2.03. The molecule has 14 heteroatoms. The average Bonchev–Trinajstić information content (AvgIpc) is 3.09. The maximum atomic E-state index is 12.2. The molecule has 0 atom stereocenters. The highest BCUT2D eigenvalue weighted by Gasteiger charge is 2.29. The van der Waals surface area contributed by atoms with Gasteiger partial charge in [0.25, 0.3) is 5.91 Å². The maximum absolute atomic E-state index is 12.2. The van der Waals surface area contributed by atoms with Crippen molar-refractivity contribution in [1.29, 1.82) is 0 Å². The van der Waals surface area contributed by atoms with E-state index < -0.39 is 5.91 Å². The Morgan fingerprint density at radius 3 is 2.48 bits per heavy atom. The van der Waals surface area contributed by atoms with E-state index in [1.807, 2.05) is 6.92 Å². The van der Waals surface area contributed by atoms with Crippen LogP contribution in [0.4, 0.5) is 10.3 Å². The molecule has 0 saturated heterocycles. The minimum Gasteiger partial charge on any atom is -0.360 e. The van der Waals surface area contributed by atoms with Crippen LogP contribution in [-0.4, -0.2) is 48.9 Å². The molecule has 0 spiro atoms.